The highest BCUT2D eigenvalue weighted by molar-refractivity contribution is 6.25. The van der Waals surface area contributed by atoms with Gasteiger partial charge >= 0.3 is 0 Å². The van der Waals surface area contributed by atoms with Crippen LogP contribution in [0.3, 0.4) is 0 Å². The van der Waals surface area contributed by atoms with Gasteiger partial charge in [0.2, 0.25) is 5.91 Å². The molecule has 0 radical (unpaired) electrons. The Hall–Kier alpha value is -2.59. The van der Waals surface area contributed by atoms with Crippen molar-refractivity contribution in [3.05, 3.63) is 71.3 Å². The quantitative estimate of drug-likeness (QED) is 0.823. The fourth-order valence-electron chi connectivity index (χ4n) is 3.33. The van der Waals surface area contributed by atoms with Crippen LogP contribution in [0.1, 0.15) is 37.6 Å². The lowest BCUT2D eigenvalue weighted by molar-refractivity contribution is -0.126. The predicted octanol–water partition coefficient (Wildman–Crippen LogP) is 4.61. The van der Waals surface area contributed by atoms with Gasteiger partial charge in [-0.05, 0) is 49.6 Å². The van der Waals surface area contributed by atoms with Crippen molar-refractivity contribution in [1.82, 2.24) is 10.2 Å². The van der Waals surface area contributed by atoms with Crippen LogP contribution in [0.4, 0.5) is 0 Å². The van der Waals surface area contributed by atoms with E-state index in [4.69, 9.17) is 11.6 Å². The van der Waals surface area contributed by atoms with E-state index in [-0.39, 0.29) is 17.4 Å². The maximum Gasteiger partial charge on any atom is 0.254 e. The molecule has 0 aromatic heterocycles. The number of nitrogens with one attached hydrogen (secondary N) is 1. The standard InChI is InChI=1S/C23H25ClN2O2/c1-23(2,3)25-21(27)20-13-16(14-24)15-26(20)22(28)19-11-9-18(10-12-19)17-7-5-4-6-8-17/h4-12,14,20H,13,15H2,1-3H3,(H,25,27)/t20-/m0/s1. The van der Waals surface area contributed by atoms with E-state index >= 15 is 0 Å². The normalized spacial score (nSPS) is 18.4. The summed E-state index contributed by atoms with van der Waals surface area (Å²) in [7, 11) is 0. The van der Waals surface area contributed by atoms with Crippen LogP contribution in [0.25, 0.3) is 11.1 Å². The van der Waals surface area contributed by atoms with Gasteiger partial charge in [0.15, 0.2) is 0 Å². The molecule has 28 heavy (non-hydrogen) atoms. The highest BCUT2D eigenvalue weighted by Crippen LogP contribution is 2.27. The summed E-state index contributed by atoms with van der Waals surface area (Å²) in [4.78, 5) is 27.4. The van der Waals surface area contributed by atoms with Crippen LogP contribution in [0, 0.1) is 0 Å². The predicted molar refractivity (Wildman–Crippen MR) is 113 cm³/mol. The number of hydrogen-bond acceptors (Lipinski definition) is 2. The molecule has 0 spiro atoms. The molecule has 1 atom stereocenters. The number of carbonyl (C=O) groups is 2. The monoisotopic (exact) mass is 396 g/mol. The van der Waals surface area contributed by atoms with Crippen molar-refractivity contribution in [2.45, 2.75) is 38.8 Å². The Labute approximate surface area is 171 Å². The minimum absolute atomic E-state index is 0.157. The molecule has 2 aromatic rings. The lowest BCUT2D eigenvalue weighted by Gasteiger charge is -2.28. The smallest absolute Gasteiger partial charge is 0.254 e. The van der Waals surface area contributed by atoms with Crippen LogP contribution in [-0.2, 0) is 4.79 Å². The Morgan fingerprint density at radius 2 is 1.64 bits per heavy atom. The summed E-state index contributed by atoms with van der Waals surface area (Å²) in [6.07, 6.45) is 0.458. The van der Waals surface area contributed by atoms with E-state index < -0.39 is 6.04 Å². The summed E-state index contributed by atoms with van der Waals surface area (Å²) in [6, 6.07) is 16.9. The lowest BCUT2D eigenvalue weighted by Crippen LogP contribution is -2.51. The van der Waals surface area contributed by atoms with Crippen LogP contribution in [0.5, 0.6) is 0 Å². The third kappa shape index (κ3) is 4.63. The van der Waals surface area contributed by atoms with Gasteiger partial charge in [0, 0.05) is 29.6 Å². The highest BCUT2D eigenvalue weighted by Gasteiger charge is 2.38. The van der Waals surface area contributed by atoms with Crippen LogP contribution in [0.15, 0.2) is 65.7 Å². The minimum Gasteiger partial charge on any atom is -0.350 e. The molecule has 2 amide bonds. The van der Waals surface area contributed by atoms with E-state index in [1.165, 1.54) is 5.54 Å². The molecule has 5 heteroatoms. The number of hydrogen-bond donors (Lipinski definition) is 1. The molecular formula is C23H25ClN2O2. The summed E-state index contributed by atoms with van der Waals surface area (Å²) in [5.41, 5.74) is 4.69. The molecule has 0 saturated carbocycles. The zero-order valence-corrected chi connectivity index (χ0v) is 17.2. The van der Waals surface area contributed by atoms with Gasteiger partial charge in [-0.15, -0.1) is 0 Å². The molecule has 0 unspecified atom stereocenters. The van der Waals surface area contributed by atoms with Crippen LogP contribution < -0.4 is 5.32 Å². The van der Waals surface area contributed by atoms with Crippen molar-refractivity contribution in [2.75, 3.05) is 6.54 Å². The SMILES string of the molecule is CC(C)(C)NC(=O)[C@@H]1CC(=CCl)CN1C(=O)c1ccc(-c2ccccc2)cc1. The Bertz CT molecular complexity index is 883. The molecule has 1 fully saturated rings. The van der Waals surface area contributed by atoms with Gasteiger partial charge < -0.3 is 10.2 Å². The summed E-state index contributed by atoms with van der Waals surface area (Å²) < 4.78 is 0. The Kier molecular flexibility index (Phi) is 5.90. The number of likely N-dealkylation sites (tertiary alicyclic amines) is 1. The first kappa shape index (κ1) is 20.2. The van der Waals surface area contributed by atoms with E-state index in [2.05, 4.69) is 5.32 Å². The van der Waals surface area contributed by atoms with Gasteiger partial charge in [-0.3, -0.25) is 9.59 Å². The molecule has 4 nitrogen and oxygen atoms in total. The topological polar surface area (TPSA) is 49.4 Å². The zero-order chi connectivity index (χ0) is 20.3. The molecule has 0 bridgehead atoms. The van der Waals surface area contributed by atoms with Crippen molar-refractivity contribution in [3.63, 3.8) is 0 Å². The number of rotatable bonds is 3. The van der Waals surface area contributed by atoms with Crippen molar-refractivity contribution >= 4 is 23.4 Å². The molecule has 1 heterocycles. The molecule has 1 N–H and O–H groups in total. The average Bonchev–Trinajstić information content (AvgIpc) is 3.12. The molecule has 1 aliphatic rings. The molecule has 0 aliphatic carbocycles. The Morgan fingerprint density at radius 1 is 1.04 bits per heavy atom. The van der Waals surface area contributed by atoms with Gasteiger partial charge in [-0.25, -0.2) is 0 Å². The third-order valence-corrected chi connectivity index (χ3v) is 4.97. The Balaban J connectivity index is 1.82. The molecule has 1 saturated heterocycles. The zero-order valence-electron chi connectivity index (χ0n) is 16.4. The summed E-state index contributed by atoms with van der Waals surface area (Å²) >= 11 is 5.88. The maximum atomic E-state index is 13.1. The summed E-state index contributed by atoms with van der Waals surface area (Å²) in [5.74, 6) is -0.322. The van der Waals surface area contributed by atoms with Gasteiger partial charge in [0.1, 0.15) is 6.04 Å². The van der Waals surface area contributed by atoms with Crippen molar-refractivity contribution in [2.24, 2.45) is 0 Å². The van der Waals surface area contributed by atoms with E-state index in [0.29, 0.717) is 18.5 Å². The number of carbonyl (C=O) groups excluding carboxylic acids is 2. The maximum absolute atomic E-state index is 13.1. The molecule has 2 aromatic carbocycles. The van der Waals surface area contributed by atoms with E-state index in [1.807, 2.05) is 75.4 Å². The van der Waals surface area contributed by atoms with E-state index in [1.54, 1.807) is 4.90 Å². The minimum atomic E-state index is -0.550. The van der Waals surface area contributed by atoms with Crippen molar-refractivity contribution in [1.29, 1.82) is 0 Å². The molecule has 3 rings (SSSR count). The molecule has 1 aliphatic heterocycles. The van der Waals surface area contributed by atoms with Crippen LogP contribution >= 0.6 is 11.6 Å². The van der Waals surface area contributed by atoms with Gasteiger partial charge in [-0.1, -0.05) is 54.1 Å². The lowest BCUT2D eigenvalue weighted by atomic mass is 10.0. The van der Waals surface area contributed by atoms with Crippen LogP contribution in [0.2, 0.25) is 0 Å². The summed E-state index contributed by atoms with van der Waals surface area (Å²) in [6.45, 7) is 6.14. The van der Waals surface area contributed by atoms with Gasteiger partial charge in [0.05, 0.1) is 0 Å². The first-order valence-corrected chi connectivity index (χ1v) is 9.79. The fourth-order valence-corrected chi connectivity index (χ4v) is 3.49. The number of benzene rings is 2. The van der Waals surface area contributed by atoms with Crippen molar-refractivity contribution in [3.8, 4) is 11.1 Å². The van der Waals surface area contributed by atoms with E-state index in [9.17, 15) is 9.59 Å². The first-order chi connectivity index (χ1) is 13.3. The molecular weight excluding hydrogens is 372 g/mol. The molecule has 146 valence electrons. The number of nitrogens with zero attached hydrogens (tertiary/aromatic N) is 1. The fraction of sp³-hybridized carbons (Fsp3) is 0.304. The second kappa shape index (κ2) is 8.19. The largest absolute Gasteiger partial charge is 0.350 e. The van der Waals surface area contributed by atoms with Gasteiger partial charge in [0.25, 0.3) is 5.91 Å². The number of halogens is 1. The average molecular weight is 397 g/mol. The van der Waals surface area contributed by atoms with Crippen LogP contribution in [-0.4, -0.2) is 34.8 Å². The van der Waals surface area contributed by atoms with Crippen molar-refractivity contribution < 1.29 is 9.59 Å². The Morgan fingerprint density at radius 3 is 2.21 bits per heavy atom. The van der Waals surface area contributed by atoms with Gasteiger partial charge in [-0.2, -0.15) is 0 Å². The third-order valence-electron chi connectivity index (χ3n) is 4.66. The second-order valence-corrected chi connectivity index (χ2v) is 8.32. The summed E-state index contributed by atoms with van der Waals surface area (Å²) in [5, 5.41) is 2.97. The first-order valence-electron chi connectivity index (χ1n) is 9.35. The second-order valence-electron chi connectivity index (χ2n) is 8.10. The number of amides is 2. The highest BCUT2D eigenvalue weighted by atomic mass is 35.5. The van der Waals surface area contributed by atoms with E-state index in [0.717, 1.165) is 16.7 Å².